The van der Waals surface area contributed by atoms with E-state index >= 15 is 0 Å². The fraction of sp³-hybridized carbons (Fsp3) is 0.810. The fourth-order valence-electron chi connectivity index (χ4n) is 3.92. The van der Waals surface area contributed by atoms with E-state index in [2.05, 4.69) is 26.0 Å². The molecular weight excluding hydrogens is 316 g/mol. The molecule has 1 saturated carbocycles. The van der Waals surface area contributed by atoms with E-state index < -0.39 is 11.8 Å². The lowest BCUT2D eigenvalue weighted by atomic mass is 9.79. The molecule has 4 heteroatoms. The summed E-state index contributed by atoms with van der Waals surface area (Å²) in [7, 11) is 0. The number of carbonyl (C=O) groups is 2. The monoisotopic (exact) mass is 350 g/mol. The van der Waals surface area contributed by atoms with Crippen LogP contribution < -0.4 is 0 Å². The normalized spacial score (nSPS) is 30.4. The third kappa shape index (κ3) is 4.27. The lowest BCUT2D eigenvalue weighted by molar-refractivity contribution is -0.164. The van der Waals surface area contributed by atoms with E-state index in [4.69, 9.17) is 9.47 Å². The molecule has 4 nitrogen and oxygen atoms in total. The number of rotatable bonds is 4. The van der Waals surface area contributed by atoms with Gasteiger partial charge in [-0.2, -0.15) is 0 Å². The van der Waals surface area contributed by atoms with Crippen LogP contribution in [0.25, 0.3) is 0 Å². The molecule has 2 aliphatic rings. The molecule has 4 unspecified atom stereocenters. The summed E-state index contributed by atoms with van der Waals surface area (Å²) >= 11 is 0. The maximum Gasteiger partial charge on any atom is 0.310 e. The summed E-state index contributed by atoms with van der Waals surface area (Å²) in [4.78, 5) is 25.6. The Morgan fingerprint density at radius 1 is 0.800 bits per heavy atom. The van der Waals surface area contributed by atoms with Gasteiger partial charge in [0.15, 0.2) is 0 Å². The maximum atomic E-state index is 12.8. The Kier molecular flexibility index (Phi) is 5.15. The molecule has 4 atom stereocenters. The molecule has 2 rings (SSSR count). The molecule has 25 heavy (non-hydrogen) atoms. The lowest BCUT2D eigenvalue weighted by Crippen LogP contribution is -2.37. The van der Waals surface area contributed by atoms with Crippen molar-refractivity contribution in [2.45, 2.75) is 55.4 Å². The first-order valence-corrected chi connectivity index (χ1v) is 9.26. The van der Waals surface area contributed by atoms with Crippen LogP contribution in [0.4, 0.5) is 0 Å². The Labute approximate surface area is 152 Å². The van der Waals surface area contributed by atoms with Crippen molar-refractivity contribution in [1.82, 2.24) is 0 Å². The first-order valence-electron chi connectivity index (χ1n) is 9.26. The Morgan fingerprint density at radius 2 is 1.12 bits per heavy atom. The smallest absolute Gasteiger partial charge is 0.310 e. The number of hydrogen-bond donors (Lipinski definition) is 0. The van der Waals surface area contributed by atoms with E-state index in [1.807, 2.05) is 41.5 Å². The van der Waals surface area contributed by atoms with Gasteiger partial charge in [-0.15, -0.1) is 0 Å². The molecule has 0 aliphatic heterocycles. The molecule has 1 fully saturated rings. The largest absolute Gasteiger partial charge is 0.465 e. The third-order valence-corrected chi connectivity index (χ3v) is 5.24. The van der Waals surface area contributed by atoms with Gasteiger partial charge in [0.2, 0.25) is 0 Å². The zero-order chi connectivity index (χ0) is 19.2. The lowest BCUT2D eigenvalue weighted by Gasteiger charge is -2.28. The summed E-state index contributed by atoms with van der Waals surface area (Å²) in [6, 6.07) is 0. The van der Waals surface area contributed by atoms with Crippen LogP contribution in [0.2, 0.25) is 0 Å². The summed E-state index contributed by atoms with van der Waals surface area (Å²) in [6.07, 6.45) is 4.17. The molecule has 0 saturated heterocycles. The number of allylic oxidation sites excluding steroid dienone is 2. The predicted octanol–water partition coefficient (Wildman–Crippen LogP) is 4.24. The molecule has 0 heterocycles. The highest BCUT2D eigenvalue weighted by Crippen LogP contribution is 2.60. The van der Waals surface area contributed by atoms with Gasteiger partial charge in [-0.05, 0) is 28.1 Å². The van der Waals surface area contributed by atoms with Crippen LogP contribution >= 0.6 is 0 Å². The van der Waals surface area contributed by atoms with Crippen molar-refractivity contribution >= 4 is 11.9 Å². The van der Waals surface area contributed by atoms with Crippen LogP contribution in [0.15, 0.2) is 12.2 Å². The second kappa shape index (κ2) is 6.44. The van der Waals surface area contributed by atoms with Gasteiger partial charge >= 0.3 is 11.9 Å². The van der Waals surface area contributed by atoms with E-state index in [0.717, 1.165) is 0 Å². The minimum absolute atomic E-state index is 0.0251. The summed E-state index contributed by atoms with van der Waals surface area (Å²) in [5.41, 5.74) is -0.321. The second-order valence-corrected chi connectivity index (χ2v) is 10.6. The van der Waals surface area contributed by atoms with Crippen LogP contribution in [0.1, 0.15) is 55.4 Å². The quantitative estimate of drug-likeness (QED) is 0.562. The summed E-state index contributed by atoms with van der Waals surface area (Å²) in [5.74, 6) is -1.37. The zero-order valence-electron chi connectivity index (χ0n) is 17.0. The Morgan fingerprint density at radius 3 is 1.40 bits per heavy atom. The summed E-state index contributed by atoms with van der Waals surface area (Å²) in [5, 5.41) is 0. The summed E-state index contributed by atoms with van der Waals surface area (Å²) < 4.78 is 11.2. The van der Waals surface area contributed by atoms with E-state index in [1.165, 1.54) is 0 Å². The zero-order valence-corrected chi connectivity index (χ0v) is 17.0. The maximum absolute atomic E-state index is 12.8. The number of carbonyl (C=O) groups excluding carboxylic acids is 2. The molecule has 2 aliphatic carbocycles. The number of fused-ring (bicyclic) bond motifs is 2. The highest BCUT2D eigenvalue weighted by molar-refractivity contribution is 5.85. The highest BCUT2D eigenvalue weighted by atomic mass is 16.5. The standard InChI is InChI=1S/C21H34O4/c1-19(2,3)11-24-17(22)15-13-9-10-14(21(13,7)8)16(15)18(23)25-12-20(4,5)6/h9-10,13-16H,11-12H2,1-8H3. The average Bonchev–Trinajstić information content (AvgIpc) is 2.86. The van der Waals surface area contributed by atoms with E-state index in [1.54, 1.807) is 0 Å². The van der Waals surface area contributed by atoms with Crippen LogP contribution in [-0.2, 0) is 19.1 Å². The molecule has 0 spiro atoms. The Hall–Kier alpha value is -1.32. The first kappa shape index (κ1) is 20.0. The van der Waals surface area contributed by atoms with Crippen LogP contribution in [0.3, 0.4) is 0 Å². The third-order valence-electron chi connectivity index (χ3n) is 5.24. The van der Waals surface area contributed by atoms with Gasteiger partial charge in [-0.25, -0.2) is 0 Å². The Balaban J connectivity index is 2.18. The van der Waals surface area contributed by atoms with Gasteiger partial charge in [0.1, 0.15) is 0 Å². The van der Waals surface area contributed by atoms with Gasteiger partial charge in [-0.1, -0.05) is 67.5 Å². The summed E-state index contributed by atoms with van der Waals surface area (Å²) in [6.45, 7) is 17.1. The molecule has 142 valence electrons. The molecule has 0 aromatic carbocycles. The van der Waals surface area contributed by atoms with Gasteiger partial charge in [0, 0.05) is 0 Å². The van der Waals surface area contributed by atoms with Gasteiger partial charge in [-0.3, -0.25) is 9.59 Å². The number of ether oxygens (including phenoxy) is 2. The predicted molar refractivity (Wildman–Crippen MR) is 97.7 cm³/mol. The van der Waals surface area contributed by atoms with Crippen LogP contribution in [0.5, 0.6) is 0 Å². The molecule has 0 aromatic heterocycles. The molecular formula is C21H34O4. The average molecular weight is 350 g/mol. The van der Waals surface area contributed by atoms with Crippen molar-refractivity contribution in [3.05, 3.63) is 12.2 Å². The van der Waals surface area contributed by atoms with E-state index in [9.17, 15) is 9.59 Å². The second-order valence-electron chi connectivity index (χ2n) is 10.6. The van der Waals surface area contributed by atoms with Crippen molar-refractivity contribution in [1.29, 1.82) is 0 Å². The van der Waals surface area contributed by atoms with Crippen molar-refractivity contribution < 1.29 is 19.1 Å². The van der Waals surface area contributed by atoms with Crippen LogP contribution in [0, 0.1) is 39.9 Å². The molecule has 0 radical (unpaired) electrons. The van der Waals surface area contributed by atoms with E-state index in [-0.39, 0.29) is 40.0 Å². The van der Waals surface area contributed by atoms with Gasteiger partial charge in [0.25, 0.3) is 0 Å². The number of esters is 2. The van der Waals surface area contributed by atoms with Gasteiger partial charge < -0.3 is 9.47 Å². The molecule has 0 N–H and O–H groups in total. The molecule has 2 bridgehead atoms. The van der Waals surface area contributed by atoms with Crippen molar-refractivity contribution in [2.24, 2.45) is 39.9 Å². The van der Waals surface area contributed by atoms with Crippen molar-refractivity contribution in [2.75, 3.05) is 13.2 Å². The SMILES string of the molecule is CC(C)(C)COC(=O)C1C(C(=O)OCC(C)(C)C)C2C=CC1C2(C)C. The fourth-order valence-corrected chi connectivity index (χ4v) is 3.92. The number of hydrogen-bond acceptors (Lipinski definition) is 4. The van der Waals surface area contributed by atoms with Crippen molar-refractivity contribution in [3.8, 4) is 0 Å². The molecule has 0 aromatic rings. The topological polar surface area (TPSA) is 52.6 Å². The van der Waals surface area contributed by atoms with Crippen molar-refractivity contribution in [3.63, 3.8) is 0 Å². The minimum Gasteiger partial charge on any atom is -0.465 e. The van der Waals surface area contributed by atoms with E-state index in [0.29, 0.717) is 13.2 Å². The van der Waals surface area contributed by atoms with Gasteiger partial charge in [0.05, 0.1) is 25.0 Å². The minimum atomic E-state index is -0.445. The first-order chi connectivity index (χ1) is 11.2. The van der Waals surface area contributed by atoms with Crippen LogP contribution in [-0.4, -0.2) is 25.2 Å². The highest BCUT2D eigenvalue weighted by Gasteiger charge is 2.62. The molecule has 0 amide bonds. The Bertz CT molecular complexity index is 511.